The lowest BCUT2D eigenvalue weighted by atomic mass is 10.0. The molecule has 0 aliphatic carbocycles. The molecule has 4 rings (SSSR count). The van der Waals surface area contributed by atoms with Crippen molar-refractivity contribution in [1.82, 2.24) is 30.0 Å². The summed E-state index contributed by atoms with van der Waals surface area (Å²) in [7, 11) is 0. The first kappa shape index (κ1) is 19.1. The maximum atomic E-state index is 12.9. The maximum Gasteiger partial charge on any atom is 0.225 e. The topological polar surface area (TPSA) is 75.9 Å². The van der Waals surface area contributed by atoms with Gasteiger partial charge in [-0.05, 0) is 46.2 Å². The average Bonchev–Trinajstić information content (AvgIpc) is 3.32. The predicted octanol–water partition coefficient (Wildman–Crippen LogP) is 2.21. The van der Waals surface area contributed by atoms with Crippen LogP contribution in [0.25, 0.3) is 0 Å². The molecule has 2 aliphatic rings. The third-order valence-electron chi connectivity index (χ3n) is 6.31. The summed E-state index contributed by atoms with van der Waals surface area (Å²) in [4.78, 5) is 24.3. The molecule has 2 aromatic rings. The SMILES string of the molecule is Cc1nn([C@@H](C)CC(=O)N2CCc3nc([C@@H]4CCNC4)ncc3C2)c(C)c1C. The summed E-state index contributed by atoms with van der Waals surface area (Å²) in [6, 6.07) is 0.0507. The molecule has 1 N–H and O–H groups in total. The van der Waals surface area contributed by atoms with Crippen molar-refractivity contribution in [3.63, 3.8) is 0 Å². The average molecular weight is 383 g/mol. The molecule has 2 atom stereocenters. The normalized spacial score (nSPS) is 20.3. The van der Waals surface area contributed by atoms with Gasteiger partial charge >= 0.3 is 0 Å². The quantitative estimate of drug-likeness (QED) is 0.877. The molecule has 0 radical (unpaired) electrons. The number of nitrogens with zero attached hydrogens (tertiary/aromatic N) is 5. The lowest BCUT2D eigenvalue weighted by Gasteiger charge is -2.29. The molecule has 0 aromatic carbocycles. The Morgan fingerprint density at radius 2 is 2.18 bits per heavy atom. The van der Waals surface area contributed by atoms with E-state index in [4.69, 9.17) is 4.98 Å². The zero-order valence-corrected chi connectivity index (χ0v) is 17.3. The van der Waals surface area contributed by atoms with E-state index >= 15 is 0 Å². The van der Waals surface area contributed by atoms with Crippen LogP contribution in [-0.2, 0) is 17.8 Å². The van der Waals surface area contributed by atoms with Crippen LogP contribution in [0.5, 0.6) is 0 Å². The van der Waals surface area contributed by atoms with Gasteiger partial charge in [-0.3, -0.25) is 9.48 Å². The van der Waals surface area contributed by atoms with Crippen molar-refractivity contribution in [2.75, 3.05) is 19.6 Å². The molecule has 1 fully saturated rings. The third kappa shape index (κ3) is 3.55. The minimum absolute atomic E-state index is 0.0507. The zero-order chi connectivity index (χ0) is 19.8. The lowest BCUT2D eigenvalue weighted by molar-refractivity contribution is -0.133. The van der Waals surface area contributed by atoms with Crippen molar-refractivity contribution < 1.29 is 4.79 Å². The van der Waals surface area contributed by atoms with Crippen LogP contribution in [0.3, 0.4) is 0 Å². The molecule has 1 saturated heterocycles. The molecular weight excluding hydrogens is 352 g/mol. The van der Waals surface area contributed by atoms with E-state index in [-0.39, 0.29) is 11.9 Å². The van der Waals surface area contributed by atoms with Crippen LogP contribution in [0, 0.1) is 20.8 Å². The fourth-order valence-electron chi connectivity index (χ4n) is 4.26. The Bertz CT molecular complexity index is 883. The Kier molecular flexibility index (Phi) is 5.19. The molecule has 150 valence electrons. The molecule has 7 heteroatoms. The van der Waals surface area contributed by atoms with Crippen LogP contribution in [-0.4, -0.2) is 50.2 Å². The van der Waals surface area contributed by atoms with Gasteiger partial charge in [0.05, 0.1) is 17.4 Å². The van der Waals surface area contributed by atoms with Crippen LogP contribution >= 0.6 is 0 Å². The molecular formula is C21H30N6O. The number of amides is 1. The van der Waals surface area contributed by atoms with Crippen LogP contribution in [0.15, 0.2) is 6.20 Å². The van der Waals surface area contributed by atoms with Gasteiger partial charge in [0.25, 0.3) is 0 Å². The van der Waals surface area contributed by atoms with E-state index in [9.17, 15) is 4.79 Å². The fraction of sp³-hybridized carbons (Fsp3) is 0.619. The van der Waals surface area contributed by atoms with Gasteiger partial charge in [0.15, 0.2) is 0 Å². The summed E-state index contributed by atoms with van der Waals surface area (Å²) < 4.78 is 1.99. The van der Waals surface area contributed by atoms with Crippen molar-refractivity contribution >= 4 is 5.91 Å². The highest BCUT2D eigenvalue weighted by atomic mass is 16.2. The zero-order valence-electron chi connectivity index (χ0n) is 17.3. The fourth-order valence-corrected chi connectivity index (χ4v) is 4.26. The van der Waals surface area contributed by atoms with E-state index in [2.05, 4.69) is 36.2 Å². The van der Waals surface area contributed by atoms with Gasteiger partial charge in [0, 0.05) is 55.8 Å². The molecule has 2 aromatic heterocycles. The molecule has 0 spiro atoms. The second-order valence-corrected chi connectivity index (χ2v) is 8.25. The number of aromatic nitrogens is 4. The standard InChI is InChI=1S/C21H30N6O/c1-13(27-16(4)14(2)15(3)25-27)9-20(28)26-8-6-19-18(12-26)11-23-21(24-19)17-5-7-22-10-17/h11,13,17,22H,5-10,12H2,1-4H3/t13-,17+/m0/s1. The van der Waals surface area contributed by atoms with E-state index in [0.717, 1.165) is 60.9 Å². The van der Waals surface area contributed by atoms with Gasteiger partial charge in [-0.1, -0.05) is 0 Å². The van der Waals surface area contributed by atoms with E-state index in [1.807, 2.05) is 22.7 Å². The van der Waals surface area contributed by atoms with Gasteiger partial charge in [-0.15, -0.1) is 0 Å². The Balaban J connectivity index is 1.42. The Hall–Kier alpha value is -2.28. The molecule has 4 heterocycles. The molecule has 0 saturated carbocycles. The van der Waals surface area contributed by atoms with Crippen molar-refractivity contribution in [2.24, 2.45) is 0 Å². The van der Waals surface area contributed by atoms with Crippen molar-refractivity contribution in [3.05, 3.63) is 40.2 Å². The number of carbonyl (C=O) groups excluding carboxylic acids is 1. The summed E-state index contributed by atoms with van der Waals surface area (Å²) in [5, 5.41) is 7.99. The number of hydrogen-bond donors (Lipinski definition) is 1. The lowest BCUT2D eigenvalue weighted by Crippen LogP contribution is -2.37. The molecule has 7 nitrogen and oxygen atoms in total. The van der Waals surface area contributed by atoms with Crippen LogP contribution in [0.4, 0.5) is 0 Å². The predicted molar refractivity (Wildman–Crippen MR) is 107 cm³/mol. The van der Waals surface area contributed by atoms with Crippen molar-refractivity contribution in [3.8, 4) is 0 Å². The smallest absolute Gasteiger partial charge is 0.225 e. The Labute approximate surface area is 166 Å². The van der Waals surface area contributed by atoms with Gasteiger partial charge in [-0.25, -0.2) is 9.97 Å². The van der Waals surface area contributed by atoms with Crippen LogP contribution in [0.2, 0.25) is 0 Å². The van der Waals surface area contributed by atoms with E-state index in [1.54, 1.807) is 0 Å². The minimum atomic E-state index is 0.0507. The molecule has 0 unspecified atom stereocenters. The first-order valence-corrected chi connectivity index (χ1v) is 10.3. The highest BCUT2D eigenvalue weighted by Crippen LogP contribution is 2.24. The summed E-state index contributed by atoms with van der Waals surface area (Å²) in [5.41, 5.74) is 5.59. The number of rotatable bonds is 4. The first-order valence-electron chi connectivity index (χ1n) is 10.3. The van der Waals surface area contributed by atoms with E-state index in [0.29, 0.717) is 18.9 Å². The van der Waals surface area contributed by atoms with Crippen LogP contribution < -0.4 is 5.32 Å². The second kappa shape index (κ2) is 7.62. The molecule has 2 aliphatic heterocycles. The third-order valence-corrected chi connectivity index (χ3v) is 6.31. The monoisotopic (exact) mass is 382 g/mol. The van der Waals surface area contributed by atoms with Gasteiger partial charge < -0.3 is 10.2 Å². The van der Waals surface area contributed by atoms with Gasteiger partial charge in [-0.2, -0.15) is 5.10 Å². The maximum absolute atomic E-state index is 12.9. The number of hydrogen-bond acceptors (Lipinski definition) is 5. The Morgan fingerprint density at radius 3 is 2.86 bits per heavy atom. The second-order valence-electron chi connectivity index (χ2n) is 8.25. The minimum Gasteiger partial charge on any atom is -0.338 e. The number of carbonyl (C=O) groups is 1. The van der Waals surface area contributed by atoms with Crippen molar-refractivity contribution in [1.29, 1.82) is 0 Å². The van der Waals surface area contributed by atoms with Crippen molar-refractivity contribution in [2.45, 2.75) is 65.5 Å². The summed E-state index contributed by atoms with van der Waals surface area (Å²) in [6.45, 7) is 11.6. The largest absolute Gasteiger partial charge is 0.338 e. The molecule has 1 amide bonds. The Morgan fingerprint density at radius 1 is 1.36 bits per heavy atom. The van der Waals surface area contributed by atoms with E-state index < -0.39 is 0 Å². The van der Waals surface area contributed by atoms with E-state index in [1.165, 1.54) is 5.56 Å². The number of fused-ring (bicyclic) bond motifs is 1. The van der Waals surface area contributed by atoms with Crippen LogP contribution in [0.1, 0.15) is 65.8 Å². The highest BCUT2D eigenvalue weighted by Gasteiger charge is 2.26. The summed E-state index contributed by atoms with van der Waals surface area (Å²) in [5.74, 6) is 1.56. The molecule has 0 bridgehead atoms. The highest BCUT2D eigenvalue weighted by molar-refractivity contribution is 5.77. The number of nitrogens with one attached hydrogen (secondary N) is 1. The summed E-state index contributed by atoms with van der Waals surface area (Å²) in [6.07, 6.45) is 4.31. The molecule has 28 heavy (non-hydrogen) atoms. The number of aryl methyl sites for hydroxylation is 1. The summed E-state index contributed by atoms with van der Waals surface area (Å²) >= 11 is 0. The van der Waals surface area contributed by atoms with Gasteiger partial charge in [0.1, 0.15) is 5.82 Å². The van der Waals surface area contributed by atoms with Gasteiger partial charge in [0.2, 0.25) is 5.91 Å². The first-order chi connectivity index (χ1) is 13.4.